The van der Waals surface area contributed by atoms with Crippen molar-refractivity contribution in [2.24, 2.45) is 7.05 Å². The molecule has 1 amide bonds. The van der Waals surface area contributed by atoms with Crippen LogP contribution in [0.3, 0.4) is 0 Å². The van der Waals surface area contributed by atoms with Crippen LogP contribution in [0.15, 0.2) is 85.1 Å². The number of halogens is 4. The minimum Gasteiger partial charge on any atom is -0.454 e. The van der Waals surface area contributed by atoms with Crippen molar-refractivity contribution in [2.45, 2.75) is 19.6 Å². The molecule has 0 spiro atoms. The molecule has 15 heteroatoms. The summed E-state index contributed by atoms with van der Waals surface area (Å²) in [7, 11) is 1.89. The predicted octanol–water partition coefficient (Wildman–Crippen LogP) is 7.72. The maximum absolute atomic E-state index is 13.6. The Morgan fingerprint density at radius 2 is 1.71 bits per heavy atom. The van der Waals surface area contributed by atoms with Crippen LogP contribution in [0.4, 0.5) is 24.5 Å². The Labute approximate surface area is 310 Å². The van der Waals surface area contributed by atoms with Crippen LogP contribution in [-0.4, -0.2) is 69.9 Å². The van der Waals surface area contributed by atoms with Crippen LogP contribution in [0.25, 0.3) is 10.9 Å². The van der Waals surface area contributed by atoms with Gasteiger partial charge in [0.2, 0.25) is 12.7 Å². The molecule has 1 N–H and O–H groups in total. The van der Waals surface area contributed by atoms with Gasteiger partial charge in [-0.1, -0.05) is 6.07 Å². The average Bonchev–Trinajstić information content (AvgIpc) is 3.72. The minimum atomic E-state index is -4.41. The van der Waals surface area contributed by atoms with Crippen molar-refractivity contribution < 1.29 is 32.2 Å². The smallest absolute Gasteiger partial charge is 0.416 e. The second-order valence-electron chi connectivity index (χ2n) is 12.3. The summed E-state index contributed by atoms with van der Waals surface area (Å²) >= 11 is 5.54. The molecule has 2 aliphatic heterocycles. The van der Waals surface area contributed by atoms with Gasteiger partial charge in [0.05, 0.1) is 17.4 Å². The van der Waals surface area contributed by atoms with E-state index in [1.807, 2.05) is 59.8 Å². The van der Waals surface area contributed by atoms with Gasteiger partial charge >= 0.3 is 6.18 Å². The van der Waals surface area contributed by atoms with E-state index in [0.29, 0.717) is 53.4 Å². The first-order valence-corrected chi connectivity index (χ1v) is 16.9. The maximum Gasteiger partial charge on any atom is 0.416 e. The fourth-order valence-electron chi connectivity index (χ4n) is 6.26. The number of carbonyl (C=O) groups excluding carboxylic acids is 1. The van der Waals surface area contributed by atoms with Crippen molar-refractivity contribution in [3.63, 3.8) is 0 Å². The summed E-state index contributed by atoms with van der Waals surface area (Å²) in [5.74, 6) is 2.46. The number of hydrogen-bond acceptors (Lipinski definition) is 7. The average molecular weight is 753 g/mol. The molecule has 0 bridgehead atoms. The molecule has 0 atom stereocenters. The van der Waals surface area contributed by atoms with Crippen molar-refractivity contribution in [1.82, 2.24) is 19.4 Å². The number of nitrogens with one attached hydrogen (secondary N) is 1. The third-order valence-electron chi connectivity index (χ3n) is 9.02. The van der Waals surface area contributed by atoms with Crippen LogP contribution >= 0.6 is 24.6 Å². The minimum absolute atomic E-state index is 0. The number of rotatable bonds is 8. The van der Waals surface area contributed by atoms with Gasteiger partial charge in [0, 0.05) is 69.0 Å². The lowest BCUT2D eigenvalue weighted by Gasteiger charge is -2.34. The van der Waals surface area contributed by atoms with Gasteiger partial charge in [-0.25, -0.2) is 4.98 Å². The largest absolute Gasteiger partial charge is 0.454 e. The molecule has 1 saturated heterocycles. The number of nitrogens with zero attached hydrogens (tertiary/aromatic N) is 5. The van der Waals surface area contributed by atoms with Crippen LogP contribution in [0.1, 0.15) is 28.5 Å². The molecule has 52 heavy (non-hydrogen) atoms. The van der Waals surface area contributed by atoms with E-state index in [4.69, 9.17) is 26.4 Å². The molecule has 10 nitrogen and oxygen atoms in total. The molecule has 272 valence electrons. The second kappa shape index (κ2) is 15.3. The first kappa shape index (κ1) is 36.7. The summed E-state index contributed by atoms with van der Waals surface area (Å²) in [5, 5.41) is 4.17. The van der Waals surface area contributed by atoms with Crippen molar-refractivity contribution >= 4 is 57.9 Å². The van der Waals surface area contributed by atoms with Gasteiger partial charge in [-0.05, 0) is 91.4 Å². The molecule has 3 aromatic carbocycles. The number of aromatic nitrogens is 2. The SMILES string of the molecule is CCN(C(=S)Nc1ccc(C(F)(F)F)cc1)c1ccc(Oc2ccc3c(c2)cc(C(=O)N2CCN(Cc4ccc5c(c4)OCO5)CC2)n3C)nc1.Cl. The van der Waals surface area contributed by atoms with E-state index < -0.39 is 11.7 Å². The van der Waals surface area contributed by atoms with Crippen LogP contribution in [0.5, 0.6) is 23.1 Å². The zero-order valence-corrected chi connectivity index (χ0v) is 30.0. The monoisotopic (exact) mass is 752 g/mol. The molecule has 0 saturated carbocycles. The molecule has 0 unspecified atom stereocenters. The number of anilines is 2. The molecule has 0 radical (unpaired) electrons. The van der Waals surface area contributed by atoms with Crippen LogP contribution in [0, 0.1) is 0 Å². The molecule has 0 aliphatic carbocycles. The molecular formula is C37H36ClF3N6O4S. The summed E-state index contributed by atoms with van der Waals surface area (Å²) < 4.78 is 57.7. The molecule has 4 heterocycles. The third kappa shape index (κ3) is 7.88. The zero-order valence-electron chi connectivity index (χ0n) is 28.4. The number of pyridine rings is 1. The molecule has 2 aliphatic rings. The van der Waals surface area contributed by atoms with Gasteiger partial charge in [-0.15, -0.1) is 12.4 Å². The van der Waals surface area contributed by atoms with E-state index in [-0.39, 0.29) is 25.1 Å². The van der Waals surface area contributed by atoms with E-state index in [9.17, 15) is 18.0 Å². The Morgan fingerprint density at radius 1 is 0.962 bits per heavy atom. The van der Waals surface area contributed by atoms with Crippen molar-refractivity contribution in [3.8, 4) is 23.1 Å². The molecule has 2 aromatic heterocycles. The van der Waals surface area contributed by atoms with Gasteiger partial charge in [0.25, 0.3) is 5.91 Å². The lowest BCUT2D eigenvalue weighted by atomic mass is 10.1. The third-order valence-corrected chi connectivity index (χ3v) is 9.34. The highest BCUT2D eigenvalue weighted by Crippen LogP contribution is 2.34. The molecule has 5 aromatic rings. The number of hydrogen-bond donors (Lipinski definition) is 1. The number of piperazine rings is 1. The van der Waals surface area contributed by atoms with Gasteiger partial charge in [0.15, 0.2) is 16.6 Å². The Kier molecular flexibility index (Phi) is 10.8. The summed E-state index contributed by atoms with van der Waals surface area (Å²) in [6, 6.07) is 21.8. The topological polar surface area (TPSA) is 84.3 Å². The number of amides is 1. The van der Waals surface area contributed by atoms with Crippen LogP contribution in [0.2, 0.25) is 0 Å². The Balaban J connectivity index is 0.00000464. The summed E-state index contributed by atoms with van der Waals surface area (Å²) in [6.07, 6.45) is -2.79. The van der Waals surface area contributed by atoms with E-state index in [2.05, 4.69) is 21.3 Å². The normalized spacial score (nSPS) is 14.2. The van der Waals surface area contributed by atoms with E-state index >= 15 is 0 Å². The quantitative estimate of drug-likeness (QED) is 0.160. The number of benzene rings is 3. The zero-order chi connectivity index (χ0) is 35.7. The van der Waals surface area contributed by atoms with Gasteiger partial charge in [-0.3, -0.25) is 9.69 Å². The summed E-state index contributed by atoms with van der Waals surface area (Å²) in [6.45, 7) is 6.23. The first-order chi connectivity index (χ1) is 24.6. The number of fused-ring (bicyclic) bond motifs is 2. The highest BCUT2D eigenvalue weighted by molar-refractivity contribution is 7.80. The van der Waals surface area contributed by atoms with E-state index in [1.165, 1.54) is 12.1 Å². The molecular weight excluding hydrogens is 717 g/mol. The van der Waals surface area contributed by atoms with Gasteiger partial charge < -0.3 is 33.9 Å². The fourth-order valence-corrected chi connectivity index (χ4v) is 6.61. The maximum atomic E-state index is 13.6. The predicted molar refractivity (Wildman–Crippen MR) is 199 cm³/mol. The number of aryl methyl sites for hydroxylation is 1. The van der Waals surface area contributed by atoms with Gasteiger partial charge in [0.1, 0.15) is 11.4 Å². The van der Waals surface area contributed by atoms with Crippen molar-refractivity contribution in [2.75, 3.05) is 49.7 Å². The number of alkyl halides is 3. The van der Waals surface area contributed by atoms with E-state index in [1.54, 1.807) is 23.2 Å². The highest BCUT2D eigenvalue weighted by atomic mass is 35.5. The number of thiocarbonyl (C=S) groups is 1. The van der Waals surface area contributed by atoms with Crippen molar-refractivity contribution in [1.29, 1.82) is 0 Å². The lowest BCUT2D eigenvalue weighted by Crippen LogP contribution is -2.48. The summed E-state index contributed by atoms with van der Waals surface area (Å²) in [5.41, 5.74) is 3.06. The fraction of sp³-hybridized carbons (Fsp3) is 0.270. The summed E-state index contributed by atoms with van der Waals surface area (Å²) in [4.78, 5) is 24.1. The standard InChI is InChI=1S/C37H35F3N6O4S.ClH/c1-3-46(36(51)42-27-7-5-26(6-8-27)37(38,39)40)28-9-13-34(41-21-28)50-29-10-11-30-25(19-29)20-31(43(30)2)35(47)45-16-14-44(15-17-45)22-24-4-12-32-33(18-24)49-23-48-32;/h4-13,18-21H,3,14-17,22-23H2,1-2H3,(H,42,51);1H. The van der Waals surface area contributed by atoms with Crippen LogP contribution < -0.4 is 24.4 Å². The van der Waals surface area contributed by atoms with Gasteiger partial charge in [-0.2, -0.15) is 13.2 Å². The number of carbonyl (C=O) groups is 1. The van der Waals surface area contributed by atoms with E-state index in [0.717, 1.165) is 59.7 Å². The Hall–Kier alpha value is -5.05. The second-order valence-corrected chi connectivity index (χ2v) is 12.7. The molecule has 7 rings (SSSR count). The highest BCUT2D eigenvalue weighted by Gasteiger charge is 2.30. The number of ether oxygens (including phenoxy) is 3. The van der Waals surface area contributed by atoms with Crippen LogP contribution in [-0.2, 0) is 19.8 Å². The molecule has 1 fully saturated rings. The Morgan fingerprint density at radius 3 is 2.40 bits per heavy atom. The van der Waals surface area contributed by atoms with Crippen molar-refractivity contribution in [3.05, 3.63) is 102 Å². The first-order valence-electron chi connectivity index (χ1n) is 16.4. The Bertz CT molecular complexity index is 2070. The lowest BCUT2D eigenvalue weighted by molar-refractivity contribution is -0.137.